The van der Waals surface area contributed by atoms with Crippen LogP contribution in [0.4, 0.5) is 0 Å². The van der Waals surface area contributed by atoms with Crippen molar-refractivity contribution in [1.82, 2.24) is 9.55 Å². The number of ether oxygens (including phenoxy) is 1. The first-order valence-corrected chi connectivity index (χ1v) is 6.42. The fourth-order valence-corrected chi connectivity index (χ4v) is 2.36. The number of hydrogen-bond acceptors (Lipinski definition) is 8. The van der Waals surface area contributed by atoms with Crippen molar-refractivity contribution in [1.29, 1.82) is 0 Å². The zero-order chi connectivity index (χ0) is 15.7. The van der Waals surface area contributed by atoms with Gasteiger partial charge in [-0.05, 0) is 12.2 Å². The maximum absolute atomic E-state index is 11.6. The van der Waals surface area contributed by atoms with Gasteiger partial charge in [0.2, 0.25) is 0 Å². The van der Waals surface area contributed by atoms with Crippen LogP contribution in [0.5, 0.6) is 0 Å². The summed E-state index contributed by atoms with van der Waals surface area (Å²) in [5.74, 6) is -1.45. The number of carboxylic acids is 1. The van der Waals surface area contributed by atoms with Crippen molar-refractivity contribution in [2.24, 2.45) is 0 Å². The molecule has 1 aromatic rings. The van der Waals surface area contributed by atoms with Crippen LogP contribution in [-0.4, -0.2) is 55.8 Å². The molecule has 1 saturated heterocycles. The number of aliphatic hydroxyl groups excluding tert-OH is 3. The third-order valence-corrected chi connectivity index (χ3v) is 3.48. The first-order chi connectivity index (χ1) is 9.85. The molecule has 1 fully saturated rings. The minimum atomic E-state index is -1.45. The summed E-state index contributed by atoms with van der Waals surface area (Å²) in [7, 11) is 0. The summed E-state index contributed by atoms with van der Waals surface area (Å²) in [6, 6.07) is 0. The van der Waals surface area contributed by atoms with Gasteiger partial charge in [0.05, 0.1) is 6.61 Å². The monoisotopic (exact) mass is 317 g/mol. The van der Waals surface area contributed by atoms with Crippen molar-refractivity contribution in [3.63, 3.8) is 0 Å². The van der Waals surface area contributed by atoms with Crippen molar-refractivity contribution in [2.75, 3.05) is 6.61 Å². The predicted molar refractivity (Wildman–Crippen MR) is 67.6 cm³/mol. The van der Waals surface area contributed by atoms with E-state index in [9.17, 15) is 24.9 Å². The number of carboxylic acid groups (broad SMARTS) is 1. The Morgan fingerprint density at radius 3 is 2.67 bits per heavy atom. The standard InChI is InChI=1S/C11H14N2O7S/c14-3-5-7(17)8(18)10(20-5)13-2-4(1-6(15)16)9(19)12-11(13)21/h2,5,7-8,10,14,17-18H,1,3H2,(H,15,16)(H,12,19,21)/p-1. The molecule has 1 aliphatic rings. The minimum Gasteiger partial charge on any atom is -0.550 e. The van der Waals surface area contributed by atoms with Crippen molar-refractivity contribution in [2.45, 2.75) is 31.0 Å². The number of H-pyrrole nitrogens is 1. The summed E-state index contributed by atoms with van der Waals surface area (Å²) in [4.78, 5) is 24.4. The highest BCUT2D eigenvalue weighted by atomic mass is 32.1. The average Bonchev–Trinajstić information content (AvgIpc) is 2.69. The Morgan fingerprint density at radius 2 is 2.14 bits per heavy atom. The van der Waals surface area contributed by atoms with Gasteiger partial charge in [0.25, 0.3) is 5.56 Å². The van der Waals surface area contributed by atoms with Gasteiger partial charge in [-0.1, -0.05) is 0 Å². The van der Waals surface area contributed by atoms with E-state index >= 15 is 0 Å². The SMILES string of the molecule is O=C([O-])Cc1cn(C2OC(CO)C(O)C2O)c(=S)[nH]c1=O. The summed E-state index contributed by atoms with van der Waals surface area (Å²) < 4.78 is 6.27. The third-order valence-electron chi connectivity index (χ3n) is 3.17. The van der Waals surface area contributed by atoms with Crippen LogP contribution < -0.4 is 10.7 Å². The number of carbonyl (C=O) groups excluding carboxylic acids is 1. The van der Waals surface area contributed by atoms with Gasteiger partial charge in [-0.15, -0.1) is 0 Å². The number of aromatic amines is 1. The van der Waals surface area contributed by atoms with Crippen molar-refractivity contribution >= 4 is 18.2 Å². The van der Waals surface area contributed by atoms with Crippen molar-refractivity contribution in [3.8, 4) is 0 Å². The second-order valence-electron chi connectivity index (χ2n) is 4.60. The van der Waals surface area contributed by atoms with E-state index in [0.29, 0.717) is 0 Å². The molecule has 2 heterocycles. The highest BCUT2D eigenvalue weighted by molar-refractivity contribution is 7.71. The molecule has 21 heavy (non-hydrogen) atoms. The van der Waals surface area contributed by atoms with Gasteiger partial charge in [-0.2, -0.15) is 0 Å². The number of rotatable bonds is 4. The molecule has 0 amide bonds. The van der Waals surface area contributed by atoms with E-state index < -0.39 is 49.1 Å². The van der Waals surface area contributed by atoms with Crippen LogP contribution in [-0.2, 0) is 16.0 Å². The fourth-order valence-electron chi connectivity index (χ4n) is 2.11. The van der Waals surface area contributed by atoms with E-state index in [1.54, 1.807) is 0 Å². The first kappa shape index (κ1) is 15.8. The van der Waals surface area contributed by atoms with Crippen LogP contribution in [0, 0.1) is 4.77 Å². The zero-order valence-corrected chi connectivity index (χ0v) is 11.4. The maximum Gasteiger partial charge on any atom is 0.255 e. The molecular weight excluding hydrogens is 304 g/mol. The molecule has 4 N–H and O–H groups in total. The number of hydrogen-bond donors (Lipinski definition) is 4. The molecule has 0 radical (unpaired) electrons. The smallest absolute Gasteiger partial charge is 0.255 e. The molecule has 10 heteroatoms. The van der Waals surface area contributed by atoms with Crippen molar-refractivity contribution < 1.29 is 30.0 Å². The van der Waals surface area contributed by atoms with Gasteiger partial charge in [0.15, 0.2) is 11.0 Å². The number of nitrogens with one attached hydrogen (secondary N) is 1. The van der Waals surface area contributed by atoms with Crippen LogP contribution >= 0.6 is 12.2 Å². The lowest BCUT2D eigenvalue weighted by atomic mass is 10.1. The second kappa shape index (κ2) is 6.03. The number of nitrogens with zero attached hydrogens (tertiary/aromatic N) is 1. The third kappa shape index (κ3) is 3.04. The van der Waals surface area contributed by atoms with Gasteiger partial charge >= 0.3 is 0 Å². The highest BCUT2D eigenvalue weighted by Crippen LogP contribution is 2.29. The molecule has 116 valence electrons. The Balaban J connectivity index is 2.42. The Morgan fingerprint density at radius 1 is 1.48 bits per heavy atom. The van der Waals surface area contributed by atoms with Crippen LogP contribution in [0.15, 0.2) is 11.0 Å². The molecule has 0 bridgehead atoms. The van der Waals surface area contributed by atoms with Crippen LogP contribution in [0.25, 0.3) is 0 Å². The lowest BCUT2D eigenvalue weighted by Crippen LogP contribution is -2.34. The van der Waals surface area contributed by atoms with E-state index in [1.807, 2.05) is 0 Å². The normalized spacial score (nSPS) is 28.7. The molecule has 4 atom stereocenters. The zero-order valence-electron chi connectivity index (χ0n) is 10.6. The van der Waals surface area contributed by atoms with Gasteiger partial charge in [0.1, 0.15) is 18.3 Å². The van der Waals surface area contributed by atoms with Gasteiger partial charge in [0, 0.05) is 24.2 Å². The van der Waals surface area contributed by atoms with Gasteiger partial charge in [-0.25, -0.2) is 0 Å². The summed E-state index contributed by atoms with van der Waals surface area (Å²) in [5, 5.41) is 39.2. The summed E-state index contributed by atoms with van der Waals surface area (Å²) in [6.45, 7) is -0.517. The van der Waals surface area contributed by atoms with E-state index in [0.717, 1.165) is 10.8 Å². The second-order valence-corrected chi connectivity index (χ2v) is 4.99. The molecule has 1 aromatic heterocycles. The Labute approximate surface area is 123 Å². The predicted octanol–water partition coefficient (Wildman–Crippen LogP) is -3.19. The lowest BCUT2D eigenvalue weighted by Gasteiger charge is -2.19. The van der Waals surface area contributed by atoms with E-state index in [2.05, 4.69) is 4.98 Å². The van der Waals surface area contributed by atoms with Crippen LogP contribution in [0.1, 0.15) is 11.8 Å². The van der Waals surface area contributed by atoms with Crippen LogP contribution in [0.3, 0.4) is 0 Å². The van der Waals surface area contributed by atoms with Crippen LogP contribution in [0.2, 0.25) is 0 Å². The highest BCUT2D eigenvalue weighted by Gasteiger charge is 2.43. The molecule has 2 rings (SSSR count). The number of carbonyl (C=O) groups is 1. The van der Waals surface area contributed by atoms with Gasteiger partial charge in [-0.3, -0.25) is 14.3 Å². The first-order valence-electron chi connectivity index (χ1n) is 6.01. The summed E-state index contributed by atoms with van der Waals surface area (Å²) in [5.41, 5.74) is -0.825. The number of aliphatic carboxylic acids is 1. The number of aliphatic hydroxyl groups is 3. The largest absolute Gasteiger partial charge is 0.550 e. The molecule has 9 nitrogen and oxygen atoms in total. The van der Waals surface area contributed by atoms with Gasteiger partial charge < -0.3 is 30.0 Å². The minimum absolute atomic E-state index is 0.114. The van der Waals surface area contributed by atoms with E-state index in [4.69, 9.17) is 22.1 Å². The summed E-state index contributed by atoms with van der Waals surface area (Å²) in [6.07, 6.45) is -4.41. The molecule has 0 saturated carbocycles. The molecule has 0 aliphatic carbocycles. The maximum atomic E-state index is 11.6. The molecule has 4 unspecified atom stereocenters. The Bertz CT molecular complexity index is 655. The quantitative estimate of drug-likeness (QED) is 0.425. The molecule has 0 aromatic carbocycles. The average molecular weight is 317 g/mol. The Kier molecular flexibility index (Phi) is 4.54. The topological polar surface area (TPSA) is 148 Å². The molecule has 1 aliphatic heterocycles. The van der Waals surface area contributed by atoms with E-state index in [1.165, 1.54) is 0 Å². The molecule has 0 spiro atoms. The van der Waals surface area contributed by atoms with E-state index in [-0.39, 0.29) is 10.3 Å². The summed E-state index contributed by atoms with van der Waals surface area (Å²) >= 11 is 4.92. The Hall–Kier alpha value is -1.59. The van der Waals surface area contributed by atoms with Crippen molar-refractivity contribution in [3.05, 3.63) is 26.9 Å². The molecular formula is C11H13N2O7S-. The number of aromatic nitrogens is 2. The lowest BCUT2D eigenvalue weighted by molar-refractivity contribution is -0.304. The fraction of sp³-hybridized carbons (Fsp3) is 0.545.